The molecule has 11 heteroatoms. The minimum absolute atomic E-state index is 0.0519. The van der Waals surface area contributed by atoms with Crippen molar-refractivity contribution in [2.75, 3.05) is 18.9 Å². The van der Waals surface area contributed by atoms with Gasteiger partial charge in [-0.1, -0.05) is 11.6 Å². The highest BCUT2D eigenvalue weighted by Crippen LogP contribution is 2.28. The highest BCUT2D eigenvalue weighted by atomic mass is 35.5. The van der Waals surface area contributed by atoms with Gasteiger partial charge in [0.25, 0.3) is 11.2 Å². The van der Waals surface area contributed by atoms with Crippen LogP contribution in [0.3, 0.4) is 0 Å². The van der Waals surface area contributed by atoms with Gasteiger partial charge in [-0.25, -0.2) is 5.10 Å². The van der Waals surface area contributed by atoms with Crippen molar-refractivity contribution >= 4 is 39.9 Å². The number of nitrogens with zero attached hydrogens (tertiary/aromatic N) is 3. The summed E-state index contributed by atoms with van der Waals surface area (Å²) in [5.74, 6) is 0.109. The van der Waals surface area contributed by atoms with Crippen LogP contribution in [0.25, 0.3) is 10.8 Å². The number of benzene rings is 1. The Morgan fingerprint density at radius 3 is 2.79 bits per heavy atom. The number of fused-ring (bicyclic) bond motifs is 1. The first-order valence-corrected chi connectivity index (χ1v) is 8.94. The predicted molar refractivity (Wildman–Crippen MR) is 107 cm³/mol. The van der Waals surface area contributed by atoms with Crippen LogP contribution in [0, 0.1) is 24.0 Å². The number of anilines is 1. The summed E-state index contributed by atoms with van der Waals surface area (Å²) in [4.78, 5) is 36.6. The zero-order chi connectivity index (χ0) is 21.3. The smallest absolute Gasteiger partial charge is 0.277 e. The number of hydrogen-bond donors (Lipinski definition) is 2. The van der Waals surface area contributed by atoms with E-state index in [1.165, 1.54) is 18.2 Å². The zero-order valence-corrected chi connectivity index (χ0v) is 16.7. The average molecular weight is 420 g/mol. The number of nitro benzene ring substituents is 1. The number of nitro groups is 1. The van der Waals surface area contributed by atoms with Crippen LogP contribution in [-0.4, -0.2) is 39.5 Å². The molecule has 0 aliphatic heterocycles. The summed E-state index contributed by atoms with van der Waals surface area (Å²) in [5, 5.41) is 21.0. The number of amides is 1. The zero-order valence-electron chi connectivity index (χ0n) is 15.9. The number of furan rings is 1. The number of likely N-dealkylation sites (N-methyl/N-ethyl adjacent to an activating group) is 1. The Morgan fingerprint density at radius 2 is 2.10 bits per heavy atom. The molecular formula is C18H18ClN5O5. The molecule has 29 heavy (non-hydrogen) atoms. The third-order valence-electron chi connectivity index (χ3n) is 4.35. The molecule has 0 aliphatic carbocycles. The van der Waals surface area contributed by atoms with Crippen molar-refractivity contribution in [2.45, 2.75) is 20.4 Å². The predicted octanol–water partition coefficient (Wildman–Crippen LogP) is 2.77. The van der Waals surface area contributed by atoms with Crippen molar-refractivity contribution in [3.63, 3.8) is 0 Å². The molecule has 0 atom stereocenters. The van der Waals surface area contributed by atoms with Crippen molar-refractivity contribution in [2.24, 2.45) is 0 Å². The van der Waals surface area contributed by atoms with Gasteiger partial charge in [0.1, 0.15) is 11.1 Å². The highest BCUT2D eigenvalue weighted by molar-refractivity contribution is 6.31. The van der Waals surface area contributed by atoms with Crippen LogP contribution in [0.15, 0.2) is 27.4 Å². The molecule has 0 saturated carbocycles. The van der Waals surface area contributed by atoms with Crippen molar-refractivity contribution in [3.05, 3.63) is 60.7 Å². The molecule has 0 aliphatic rings. The first-order chi connectivity index (χ1) is 13.7. The van der Waals surface area contributed by atoms with Crippen LogP contribution in [-0.2, 0) is 11.3 Å². The van der Waals surface area contributed by atoms with Gasteiger partial charge in [0.15, 0.2) is 0 Å². The summed E-state index contributed by atoms with van der Waals surface area (Å²) >= 11 is 6.10. The lowest BCUT2D eigenvalue weighted by Gasteiger charge is -2.16. The highest BCUT2D eigenvalue weighted by Gasteiger charge is 2.20. The van der Waals surface area contributed by atoms with Gasteiger partial charge in [0.05, 0.1) is 22.5 Å². The molecule has 152 valence electrons. The van der Waals surface area contributed by atoms with Crippen LogP contribution in [0.2, 0.25) is 5.02 Å². The number of aromatic nitrogens is 2. The third-order valence-corrected chi connectivity index (χ3v) is 4.71. The summed E-state index contributed by atoms with van der Waals surface area (Å²) < 4.78 is 5.55. The van der Waals surface area contributed by atoms with Gasteiger partial charge < -0.3 is 4.42 Å². The minimum atomic E-state index is -0.509. The van der Waals surface area contributed by atoms with Crippen LogP contribution < -0.4 is 10.9 Å². The molecule has 2 N–H and O–H groups in total. The minimum Gasteiger partial charge on any atom is -0.444 e. The molecule has 0 spiro atoms. The number of carbonyl (C=O) groups is 1. The fourth-order valence-corrected chi connectivity index (χ4v) is 3.26. The summed E-state index contributed by atoms with van der Waals surface area (Å²) in [6.07, 6.45) is 0. The molecule has 2 aromatic heterocycles. The van der Waals surface area contributed by atoms with Gasteiger partial charge >= 0.3 is 0 Å². The maximum absolute atomic E-state index is 12.4. The van der Waals surface area contributed by atoms with Crippen molar-refractivity contribution < 1.29 is 14.1 Å². The Hall–Kier alpha value is -3.24. The lowest BCUT2D eigenvalue weighted by Crippen LogP contribution is -2.30. The quantitative estimate of drug-likeness (QED) is 0.463. The van der Waals surface area contributed by atoms with Crippen LogP contribution in [0.1, 0.15) is 17.0 Å². The normalized spacial score (nSPS) is 11.2. The first-order valence-electron chi connectivity index (χ1n) is 8.57. The third kappa shape index (κ3) is 4.28. The number of nitrogens with one attached hydrogen (secondary N) is 2. The van der Waals surface area contributed by atoms with E-state index in [0.717, 1.165) is 0 Å². The molecule has 2 heterocycles. The number of non-ortho nitro benzene ring substituents is 1. The van der Waals surface area contributed by atoms with Gasteiger partial charge in [-0.15, -0.1) is 0 Å². The number of carbonyl (C=O) groups excluding carboxylic acids is 1. The Morgan fingerprint density at radius 1 is 1.38 bits per heavy atom. The van der Waals surface area contributed by atoms with Crippen LogP contribution in [0.5, 0.6) is 0 Å². The van der Waals surface area contributed by atoms with Gasteiger partial charge in [0, 0.05) is 23.7 Å². The molecular weight excluding hydrogens is 402 g/mol. The van der Waals surface area contributed by atoms with E-state index in [0.29, 0.717) is 27.4 Å². The number of aryl methyl sites for hydroxylation is 2. The standard InChI is InChI=1S/C18H18ClN5O5/c1-9-15-10(2)29-18(16(15)17(26)22-21-9)20-14(25)8-23(3)7-11-6-12(24(27)28)4-5-13(11)19/h4-6H,7-8H2,1-3H3,(H,20,25)(H,22,26). The van der Waals surface area contributed by atoms with Crippen molar-refractivity contribution in [1.82, 2.24) is 15.1 Å². The molecule has 3 rings (SSSR count). The Kier molecular flexibility index (Phi) is 5.66. The molecule has 1 amide bonds. The maximum Gasteiger partial charge on any atom is 0.277 e. The Labute approximate surface area is 169 Å². The molecule has 0 radical (unpaired) electrons. The van der Waals surface area contributed by atoms with Crippen LogP contribution in [0.4, 0.5) is 11.6 Å². The van der Waals surface area contributed by atoms with E-state index in [1.54, 1.807) is 25.8 Å². The molecule has 10 nitrogen and oxygen atoms in total. The van der Waals surface area contributed by atoms with E-state index < -0.39 is 16.4 Å². The van der Waals surface area contributed by atoms with E-state index in [4.69, 9.17) is 16.0 Å². The van der Waals surface area contributed by atoms with Gasteiger partial charge in [-0.05, 0) is 32.5 Å². The number of halogens is 1. The summed E-state index contributed by atoms with van der Waals surface area (Å²) in [6.45, 7) is 3.57. The Balaban J connectivity index is 1.74. The van der Waals surface area contributed by atoms with Crippen molar-refractivity contribution in [1.29, 1.82) is 0 Å². The van der Waals surface area contributed by atoms with E-state index >= 15 is 0 Å². The van der Waals surface area contributed by atoms with Gasteiger partial charge in [-0.2, -0.15) is 5.10 Å². The molecule has 0 saturated heterocycles. The summed E-state index contributed by atoms with van der Waals surface area (Å²) in [6, 6.07) is 4.13. The fraction of sp³-hybridized carbons (Fsp3) is 0.278. The molecule has 0 unspecified atom stereocenters. The summed E-state index contributed by atoms with van der Waals surface area (Å²) in [5.41, 5.74) is 0.560. The molecule has 0 bridgehead atoms. The van der Waals surface area contributed by atoms with Gasteiger partial charge in [-0.3, -0.25) is 29.9 Å². The Bertz CT molecular complexity index is 1170. The maximum atomic E-state index is 12.4. The second kappa shape index (κ2) is 8.02. The number of aromatic amines is 1. The van der Waals surface area contributed by atoms with E-state index in [1.807, 2.05) is 0 Å². The molecule has 3 aromatic rings. The molecule has 0 fully saturated rings. The largest absolute Gasteiger partial charge is 0.444 e. The lowest BCUT2D eigenvalue weighted by molar-refractivity contribution is -0.384. The van der Waals surface area contributed by atoms with Gasteiger partial charge in [0.2, 0.25) is 11.8 Å². The first kappa shape index (κ1) is 20.5. The summed E-state index contributed by atoms with van der Waals surface area (Å²) in [7, 11) is 1.67. The van der Waals surface area contributed by atoms with Crippen molar-refractivity contribution in [3.8, 4) is 0 Å². The SMILES string of the molecule is Cc1n[nH]c(=O)c2c(NC(=O)CN(C)Cc3cc([N+](=O)[O-])ccc3Cl)oc(C)c12. The topological polar surface area (TPSA) is 134 Å². The average Bonchev–Trinajstić information content (AvgIpc) is 2.96. The van der Waals surface area contributed by atoms with E-state index in [2.05, 4.69) is 15.5 Å². The number of rotatable bonds is 6. The second-order valence-electron chi connectivity index (χ2n) is 6.63. The fourth-order valence-electron chi connectivity index (χ4n) is 3.09. The lowest BCUT2D eigenvalue weighted by atomic mass is 10.2. The number of H-pyrrole nitrogens is 1. The van der Waals surface area contributed by atoms with E-state index in [-0.39, 0.29) is 30.0 Å². The molecule has 1 aromatic carbocycles. The monoisotopic (exact) mass is 419 g/mol. The number of hydrogen-bond acceptors (Lipinski definition) is 7. The van der Waals surface area contributed by atoms with Crippen LogP contribution >= 0.6 is 11.6 Å². The second-order valence-corrected chi connectivity index (χ2v) is 7.04. The van der Waals surface area contributed by atoms with E-state index in [9.17, 15) is 19.7 Å².